The summed E-state index contributed by atoms with van der Waals surface area (Å²) >= 11 is 0. The van der Waals surface area contributed by atoms with E-state index in [1.165, 1.54) is 0 Å². The number of rotatable bonds is 5. The van der Waals surface area contributed by atoms with Crippen LogP contribution >= 0.6 is 0 Å². The third-order valence-electron chi connectivity index (χ3n) is 2.66. The van der Waals surface area contributed by atoms with Gasteiger partial charge in [0.05, 0.1) is 0 Å². The van der Waals surface area contributed by atoms with E-state index in [9.17, 15) is 13.2 Å². The van der Waals surface area contributed by atoms with Crippen LogP contribution in [0.2, 0.25) is 0 Å². The summed E-state index contributed by atoms with van der Waals surface area (Å²) in [5.41, 5.74) is 1.52. The largest absolute Gasteiger partial charge is 0.439 e. The van der Waals surface area contributed by atoms with Gasteiger partial charge in [0, 0.05) is 0 Å². The predicted molar refractivity (Wildman–Crippen MR) is 72.3 cm³/mol. The molecule has 1 rings (SSSR count). The van der Waals surface area contributed by atoms with Crippen LogP contribution in [0.15, 0.2) is 22.6 Å². The third kappa shape index (κ3) is 3.91. The summed E-state index contributed by atoms with van der Waals surface area (Å²) in [5.74, 6) is 0.430. The fourth-order valence-electron chi connectivity index (χ4n) is 1.75. The molecule has 0 saturated heterocycles. The molecule has 1 aromatic carbocycles. The van der Waals surface area contributed by atoms with Crippen molar-refractivity contribution in [2.24, 2.45) is 4.40 Å². The summed E-state index contributed by atoms with van der Waals surface area (Å²) in [7, 11) is -4.30. The molecule has 104 valence electrons. The SMILES string of the molecule is CC(C)c1cccc(C(C)C)c1OS(=O)(=O)N=C=O. The Morgan fingerprint density at radius 1 is 1.11 bits per heavy atom. The number of para-hydroxylation sites is 1. The monoisotopic (exact) mass is 283 g/mol. The Balaban J connectivity index is 3.42. The van der Waals surface area contributed by atoms with E-state index in [0.29, 0.717) is 0 Å². The summed E-state index contributed by atoms with van der Waals surface area (Å²) < 4.78 is 30.7. The van der Waals surface area contributed by atoms with E-state index >= 15 is 0 Å². The quantitative estimate of drug-likeness (QED) is 0.615. The summed E-state index contributed by atoms with van der Waals surface area (Å²) in [6, 6.07) is 5.45. The minimum absolute atomic E-state index is 0.0871. The Hall–Kier alpha value is -1.65. The van der Waals surface area contributed by atoms with Gasteiger partial charge in [0.15, 0.2) is 5.75 Å². The molecular weight excluding hydrogens is 266 g/mol. The van der Waals surface area contributed by atoms with Gasteiger partial charge in [0.1, 0.15) is 0 Å². The standard InChI is InChI=1S/C13H17NO4S/c1-9(2)11-6-5-7-12(10(3)4)13(11)18-19(16,17)14-8-15/h5-7,9-10H,1-4H3. The second-order valence-electron chi connectivity index (χ2n) is 4.77. The molecule has 0 aliphatic carbocycles. The van der Waals surface area contributed by atoms with Gasteiger partial charge in [-0.15, -0.1) is 0 Å². The number of carbonyl (C=O) groups excluding carboxylic acids is 1. The number of isocyanates is 1. The second kappa shape index (κ2) is 5.99. The van der Waals surface area contributed by atoms with Crippen LogP contribution in [0.1, 0.15) is 50.7 Å². The van der Waals surface area contributed by atoms with Crippen molar-refractivity contribution in [2.45, 2.75) is 39.5 Å². The smallest absolute Gasteiger partial charge is 0.364 e. The number of hydrogen-bond donors (Lipinski definition) is 0. The van der Waals surface area contributed by atoms with Gasteiger partial charge in [-0.3, -0.25) is 0 Å². The van der Waals surface area contributed by atoms with E-state index in [1.807, 2.05) is 33.8 Å². The molecule has 0 atom stereocenters. The molecule has 0 amide bonds. The number of hydrogen-bond acceptors (Lipinski definition) is 4. The molecule has 0 spiro atoms. The van der Waals surface area contributed by atoms with Crippen LogP contribution < -0.4 is 4.18 Å². The molecule has 0 radical (unpaired) electrons. The van der Waals surface area contributed by atoms with Gasteiger partial charge in [0.25, 0.3) is 6.08 Å². The number of nitrogens with zero attached hydrogens (tertiary/aromatic N) is 1. The highest BCUT2D eigenvalue weighted by Gasteiger charge is 2.20. The van der Waals surface area contributed by atoms with Crippen molar-refractivity contribution >= 4 is 16.4 Å². The van der Waals surface area contributed by atoms with E-state index < -0.39 is 10.3 Å². The van der Waals surface area contributed by atoms with Gasteiger partial charge in [-0.25, -0.2) is 4.79 Å². The van der Waals surface area contributed by atoms with Gasteiger partial charge in [-0.05, 0) is 27.4 Å². The van der Waals surface area contributed by atoms with Crippen LogP contribution in [0.4, 0.5) is 0 Å². The molecule has 0 aliphatic rings. The zero-order valence-electron chi connectivity index (χ0n) is 11.4. The van der Waals surface area contributed by atoms with Crippen LogP contribution in [-0.4, -0.2) is 14.5 Å². The lowest BCUT2D eigenvalue weighted by atomic mass is 9.94. The molecule has 0 fully saturated rings. The Labute approximate surface area is 113 Å². The lowest BCUT2D eigenvalue weighted by Gasteiger charge is -2.17. The van der Waals surface area contributed by atoms with Crippen molar-refractivity contribution in [1.29, 1.82) is 0 Å². The lowest BCUT2D eigenvalue weighted by molar-refractivity contribution is 0.477. The molecule has 1 aromatic rings. The first-order chi connectivity index (χ1) is 8.78. The zero-order chi connectivity index (χ0) is 14.6. The highest BCUT2D eigenvalue weighted by atomic mass is 32.2. The summed E-state index contributed by atoms with van der Waals surface area (Å²) in [6.07, 6.45) is 0.988. The normalized spacial score (nSPS) is 11.5. The zero-order valence-corrected chi connectivity index (χ0v) is 12.2. The van der Waals surface area contributed by atoms with Crippen LogP contribution in [0.3, 0.4) is 0 Å². The van der Waals surface area contributed by atoms with Gasteiger partial charge >= 0.3 is 10.3 Å². The minimum Gasteiger partial charge on any atom is -0.364 e. The van der Waals surface area contributed by atoms with Crippen molar-refractivity contribution in [1.82, 2.24) is 0 Å². The second-order valence-corrected chi connectivity index (χ2v) is 5.97. The van der Waals surface area contributed by atoms with Crippen LogP contribution in [-0.2, 0) is 15.1 Å². The van der Waals surface area contributed by atoms with Crippen molar-refractivity contribution in [3.05, 3.63) is 29.3 Å². The van der Waals surface area contributed by atoms with E-state index in [1.54, 1.807) is 12.1 Å². The molecule has 0 N–H and O–H groups in total. The summed E-state index contributed by atoms with van der Waals surface area (Å²) in [4.78, 5) is 10.1. The van der Waals surface area contributed by atoms with Crippen LogP contribution in [0.25, 0.3) is 0 Å². The molecule has 0 heterocycles. The van der Waals surface area contributed by atoms with Crippen molar-refractivity contribution in [3.8, 4) is 5.75 Å². The van der Waals surface area contributed by atoms with E-state index in [4.69, 9.17) is 4.18 Å². The maximum Gasteiger partial charge on any atom is 0.439 e. The average molecular weight is 283 g/mol. The first kappa shape index (κ1) is 15.4. The first-order valence-electron chi connectivity index (χ1n) is 5.95. The van der Waals surface area contributed by atoms with Gasteiger partial charge in [-0.1, -0.05) is 45.9 Å². The molecule has 0 unspecified atom stereocenters. The van der Waals surface area contributed by atoms with E-state index in [2.05, 4.69) is 4.40 Å². The lowest BCUT2D eigenvalue weighted by Crippen LogP contribution is -2.10. The molecule has 0 aromatic heterocycles. The van der Waals surface area contributed by atoms with Crippen LogP contribution in [0.5, 0.6) is 5.75 Å². The average Bonchev–Trinajstić information content (AvgIpc) is 2.27. The van der Waals surface area contributed by atoms with Gasteiger partial charge < -0.3 is 4.18 Å². The van der Waals surface area contributed by atoms with E-state index in [0.717, 1.165) is 17.2 Å². The fourth-order valence-corrected chi connectivity index (χ4v) is 2.28. The first-order valence-corrected chi connectivity index (χ1v) is 7.31. The molecule has 0 saturated carbocycles. The Kier molecular flexibility index (Phi) is 4.86. The highest BCUT2D eigenvalue weighted by Crippen LogP contribution is 2.35. The molecule has 5 nitrogen and oxygen atoms in total. The Morgan fingerprint density at radius 2 is 1.58 bits per heavy atom. The number of benzene rings is 1. The molecule has 19 heavy (non-hydrogen) atoms. The predicted octanol–water partition coefficient (Wildman–Crippen LogP) is 2.89. The van der Waals surface area contributed by atoms with Crippen molar-refractivity contribution in [2.75, 3.05) is 0 Å². The third-order valence-corrected chi connectivity index (χ3v) is 3.33. The highest BCUT2D eigenvalue weighted by molar-refractivity contribution is 7.85. The molecule has 0 bridgehead atoms. The van der Waals surface area contributed by atoms with Crippen molar-refractivity contribution in [3.63, 3.8) is 0 Å². The minimum atomic E-state index is -4.30. The fraction of sp³-hybridized carbons (Fsp3) is 0.462. The summed E-state index contributed by atoms with van der Waals surface area (Å²) in [6.45, 7) is 7.73. The summed E-state index contributed by atoms with van der Waals surface area (Å²) in [5, 5.41) is 0. The maximum atomic E-state index is 11.5. The van der Waals surface area contributed by atoms with Crippen LogP contribution in [0, 0.1) is 0 Å². The topological polar surface area (TPSA) is 72.8 Å². The molecule has 6 heteroatoms. The van der Waals surface area contributed by atoms with Gasteiger partial charge in [0.2, 0.25) is 0 Å². The Morgan fingerprint density at radius 3 is 1.95 bits per heavy atom. The molecular formula is C13H17NO4S. The van der Waals surface area contributed by atoms with E-state index in [-0.39, 0.29) is 17.6 Å². The van der Waals surface area contributed by atoms with Crippen molar-refractivity contribution < 1.29 is 17.4 Å². The molecule has 0 aliphatic heterocycles. The Bertz CT molecular complexity index is 573. The van der Waals surface area contributed by atoms with Gasteiger partial charge in [-0.2, -0.15) is 8.42 Å². The maximum absolute atomic E-state index is 11.5.